The molecule has 4 heterocycles. The van der Waals surface area contributed by atoms with Crippen molar-refractivity contribution in [2.45, 2.75) is 64.8 Å². The SMILES string of the molecule is CC1(C)[C@H](NC(=O)c2ccc(N3CCN(C4CN(c5ccc6c(c5)C(=O)N(C5CCC(=O)NC5=O)C6=O)C4)CC3)cc2)C(C)(C)[C@H]1Oc1ccc(C#N)c(Cl)c1. The van der Waals surface area contributed by atoms with Gasteiger partial charge in [-0.3, -0.25) is 39.1 Å². The maximum absolute atomic E-state index is 13.5. The number of fused-ring (bicyclic) bond motifs is 1. The summed E-state index contributed by atoms with van der Waals surface area (Å²) in [7, 11) is 0. The summed E-state index contributed by atoms with van der Waals surface area (Å²) in [4.78, 5) is 71.9. The maximum atomic E-state index is 13.5. The molecule has 8 rings (SSSR count). The van der Waals surface area contributed by atoms with Gasteiger partial charge in [0.1, 0.15) is 24.0 Å². The molecule has 0 radical (unpaired) electrons. The van der Waals surface area contributed by atoms with E-state index in [1.165, 1.54) is 0 Å². The van der Waals surface area contributed by atoms with Crippen LogP contribution < -0.4 is 25.2 Å². The molecule has 14 heteroatoms. The van der Waals surface area contributed by atoms with Crippen molar-refractivity contribution in [2.75, 3.05) is 49.1 Å². The molecule has 3 saturated heterocycles. The number of hydrogen-bond donors (Lipinski definition) is 2. The Morgan fingerprint density at radius 3 is 2.16 bits per heavy atom. The van der Waals surface area contributed by atoms with Crippen molar-refractivity contribution in [3.05, 3.63) is 87.9 Å². The Morgan fingerprint density at radius 1 is 0.857 bits per heavy atom. The summed E-state index contributed by atoms with van der Waals surface area (Å²) >= 11 is 6.24. The number of imide groups is 2. The molecule has 4 fully saturated rings. The number of amides is 5. The van der Waals surface area contributed by atoms with Crippen molar-refractivity contribution in [2.24, 2.45) is 10.8 Å². The van der Waals surface area contributed by atoms with Crippen LogP contribution in [0.2, 0.25) is 5.02 Å². The summed E-state index contributed by atoms with van der Waals surface area (Å²) in [5.41, 5.74) is 2.77. The summed E-state index contributed by atoms with van der Waals surface area (Å²) in [6.07, 6.45) is 0.0216. The standard InChI is InChI=1S/C42H44ClN7O6/c1-41(2)39(42(3,4)40(41)56-29-11-7-25(21-44)32(43)20-29)46-35(52)24-5-8-26(9-6-24)47-15-17-48(18-16-47)28-22-49(23-28)27-10-12-30-31(19-27)38(55)50(37(30)54)33-13-14-34(51)45-36(33)53/h5-12,19-20,28,33,39-40H,13-18,22-23H2,1-4H3,(H,46,52)(H,45,51,53)/t33?,39-,40-. The van der Waals surface area contributed by atoms with E-state index in [9.17, 15) is 29.2 Å². The van der Waals surface area contributed by atoms with Crippen molar-refractivity contribution >= 4 is 52.5 Å². The quantitative estimate of drug-likeness (QED) is 0.318. The zero-order valence-electron chi connectivity index (χ0n) is 31.8. The molecular formula is C42H44ClN7O6. The number of nitrogens with zero attached hydrogens (tertiary/aromatic N) is 5. The fourth-order valence-electron chi connectivity index (χ4n) is 9.53. The molecular weight excluding hydrogens is 734 g/mol. The van der Waals surface area contributed by atoms with E-state index in [0.29, 0.717) is 33.5 Å². The van der Waals surface area contributed by atoms with Gasteiger partial charge in [-0.2, -0.15) is 5.26 Å². The van der Waals surface area contributed by atoms with Crippen LogP contribution in [0.5, 0.6) is 5.75 Å². The van der Waals surface area contributed by atoms with Gasteiger partial charge in [0, 0.05) is 91.6 Å². The monoisotopic (exact) mass is 777 g/mol. The topological polar surface area (TPSA) is 155 Å². The minimum absolute atomic E-state index is 0.0840. The van der Waals surface area contributed by atoms with E-state index < -0.39 is 29.7 Å². The predicted octanol–water partition coefficient (Wildman–Crippen LogP) is 4.24. The molecule has 1 atom stereocenters. The summed E-state index contributed by atoms with van der Waals surface area (Å²) in [5, 5.41) is 15.1. The number of piperazine rings is 1. The third-order valence-corrected chi connectivity index (χ3v) is 12.7. The molecule has 5 aliphatic rings. The van der Waals surface area contributed by atoms with Crippen molar-refractivity contribution in [1.29, 1.82) is 5.26 Å². The Balaban J connectivity index is 0.817. The first kappa shape index (κ1) is 37.5. The van der Waals surface area contributed by atoms with E-state index in [-0.39, 0.29) is 47.3 Å². The van der Waals surface area contributed by atoms with Crippen LogP contribution in [0.4, 0.5) is 11.4 Å². The minimum atomic E-state index is -0.982. The van der Waals surface area contributed by atoms with E-state index in [1.54, 1.807) is 30.3 Å². The first-order valence-electron chi connectivity index (χ1n) is 19.0. The minimum Gasteiger partial charge on any atom is -0.489 e. The van der Waals surface area contributed by atoms with Gasteiger partial charge >= 0.3 is 0 Å². The normalized spacial score (nSPS) is 24.5. The zero-order valence-corrected chi connectivity index (χ0v) is 32.6. The number of nitriles is 1. The van der Waals surface area contributed by atoms with Gasteiger partial charge in [0.25, 0.3) is 17.7 Å². The third kappa shape index (κ3) is 6.34. The molecule has 0 bridgehead atoms. The van der Waals surface area contributed by atoms with E-state index in [4.69, 9.17) is 16.3 Å². The summed E-state index contributed by atoms with van der Waals surface area (Å²) in [6.45, 7) is 13.4. The number of carbonyl (C=O) groups excluding carboxylic acids is 5. The number of rotatable bonds is 8. The number of carbonyl (C=O) groups is 5. The Hall–Kier alpha value is -5.45. The smallest absolute Gasteiger partial charge is 0.262 e. The summed E-state index contributed by atoms with van der Waals surface area (Å²) in [6, 6.07) is 19.4. The van der Waals surface area contributed by atoms with Crippen molar-refractivity contribution in [3.63, 3.8) is 0 Å². The number of anilines is 2. The highest BCUT2D eigenvalue weighted by atomic mass is 35.5. The molecule has 0 aromatic heterocycles. The fraction of sp³-hybridized carbons (Fsp3) is 0.429. The summed E-state index contributed by atoms with van der Waals surface area (Å²) < 4.78 is 6.37. The lowest BCUT2D eigenvalue weighted by atomic mass is 9.49. The predicted molar refractivity (Wildman–Crippen MR) is 209 cm³/mol. The van der Waals surface area contributed by atoms with E-state index in [1.807, 2.05) is 30.3 Å². The molecule has 56 heavy (non-hydrogen) atoms. The van der Waals surface area contributed by atoms with Gasteiger partial charge in [-0.25, -0.2) is 0 Å². The molecule has 13 nitrogen and oxygen atoms in total. The molecule has 4 aliphatic heterocycles. The van der Waals surface area contributed by atoms with Crippen molar-refractivity contribution in [3.8, 4) is 11.8 Å². The lowest BCUT2D eigenvalue weighted by molar-refractivity contribution is -0.164. The fourth-order valence-corrected chi connectivity index (χ4v) is 9.74. The first-order chi connectivity index (χ1) is 26.7. The van der Waals surface area contributed by atoms with Gasteiger partial charge in [0.15, 0.2) is 0 Å². The number of benzene rings is 3. The van der Waals surface area contributed by atoms with Crippen LogP contribution in [0, 0.1) is 22.2 Å². The molecule has 1 unspecified atom stereocenters. The Kier molecular flexibility index (Phi) is 9.32. The van der Waals surface area contributed by atoms with Crippen LogP contribution >= 0.6 is 11.6 Å². The molecule has 1 aliphatic carbocycles. The molecule has 3 aromatic rings. The molecule has 1 saturated carbocycles. The Bertz CT molecular complexity index is 2170. The van der Waals surface area contributed by atoms with Crippen LogP contribution in [0.3, 0.4) is 0 Å². The zero-order chi connectivity index (χ0) is 39.7. The van der Waals surface area contributed by atoms with Gasteiger partial charge in [-0.15, -0.1) is 0 Å². The van der Waals surface area contributed by atoms with Crippen LogP contribution in [0.25, 0.3) is 0 Å². The van der Waals surface area contributed by atoms with Crippen LogP contribution in [0.15, 0.2) is 60.7 Å². The molecule has 3 aromatic carbocycles. The van der Waals surface area contributed by atoms with Gasteiger partial charge in [-0.1, -0.05) is 39.3 Å². The molecule has 5 amide bonds. The number of ether oxygens (including phenoxy) is 1. The molecule has 290 valence electrons. The highest BCUT2D eigenvalue weighted by Gasteiger charge is 2.64. The maximum Gasteiger partial charge on any atom is 0.262 e. The number of halogens is 1. The number of hydrogen-bond acceptors (Lipinski definition) is 10. The molecule has 0 spiro atoms. The van der Waals surface area contributed by atoms with Crippen molar-refractivity contribution in [1.82, 2.24) is 20.4 Å². The van der Waals surface area contributed by atoms with Gasteiger partial charge in [0.05, 0.1) is 21.7 Å². The third-order valence-electron chi connectivity index (χ3n) is 12.4. The van der Waals surface area contributed by atoms with E-state index in [0.717, 1.165) is 55.5 Å². The second-order valence-electron chi connectivity index (χ2n) is 16.6. The second kappa shape index (κ2) is 13.9. The highest BCUT2D eigenvalue weighted by Crippen LogP contribution is 2.55. The lowest BCUT2D eigenvalue weighted by Gasteiger charge is -2.63. The van der Waals surface area contributed by atoms with Crippen LogP contribution in [0.1, 0.15) is 77.2 Å². The number of nitrogens with one attached hydrogen (secondary N) is 2. The average molecular weight is 778 g/mol. The Labute approximate surface area is 330 Å². The van der Waals surface area contributed by atoms with E-state index in [2.05, 4.69) is 59.1 Å². The molecule has 2 N–H and O–H groups in total. The highest BCUT2D eigenvalue weighted by molar-refractivity contribution is 6.31. The lowest BCUT2D eigenvalue weighted by Crippen LogP contribution is -2.74. The largest absolute Gasteiger partial charge is 0.489 e. The number of piperidine rings is 1. The Morgan fingerprint density at radius 2 is 1.52 bits per heavy atom. The van der Waals surface area contributed by atoms with Gasteiger partial charge < -0.3 is 19.9 Å². The first-order valence-corrected chi connectivity index (χ1v) is 19.4. The average Bonchev–Trinajstić information content (AvgIpc) is 3.40. The van der Waals surface area contributed by atoms with Gasteiger partial charge in [0.2, 0.25) is 11.8 Å². The van der Waals surface area contributed by atoms with E-state index >= 15 is 0 Å². The second-order valence-corrected chi connectivity index (χ2v) is 17.0. The van der Waals surface area contributed by atoms with Crippen molar-refractivity contribution < 1.29 is 28.7 Å². The van der Waals surface area contributed by atoms with Gasteiger partial charge in [-0.05, 0) is 61.0 Å². The van der Waals surface area contributed by atoms with Crippen LogP contribution in [-0.2, 0) is 9.59 Å². The summed E-state index contributed by atoms with van der Waals surface area (Å²) in [5.74, 6) is -1.56. The van der Waals surface area contributed by atoms with Crippen LogP contribution in [-0.4, -0.2) is 103 Å².